The molecule has 1 fully saturated rings. The largest absolute Gasteiger partial charge is 0.339 e. The number of carbonyl (C=O) groups excluding carboxylic acids is 2. The maximum atomic E-state index is 12.8. The number of carbonyl (C=O) groups is 2. The van der Waals surface area contributed by atoms with Gasteiger partial charge in [0.25, 0.3) is 5.91 Å². The van der Waals surface area contributed by atoms with Gasteiger partial charge in [0.2, 0.25) is 5.91 Å². The van der Waals surface area contributed by atoms with Crippen LogP contribution in [0.5, 0.6) is 0 Å². The minimum atomic E-state index is -0.0558. The van der Waals surface area contributed by atoms with Crippen molar-refractivity contribution in [1.29, 1.82) is 0 Å². The van der Waals surface area contributed by atoms with Crippen LogP contribution in [0.3, 0.4) is 0 Å². The van der Waals surface area contributed by atoms with Crippen LogP contribution in [0.2, 0.25) is 0 Å². The summed E-state index contributed by atoms with van der Waals surface area (Å²) in [4.78, 5) is 27.1. The van der Waals surface area contributed by atoms with E-state index in [9.17, 15) is 9.59 Å². The fraction of sp³-hybridized carbons (Fsp3) is 0.742. The Morgan fingerprint density at radius 1 is 0.750 bits per heavy atom. The molecule has 0 aliphatic carbocycles. The molecule has 1 heterocycles. The highest BCUT2D eigenvalue weighted by atomic mass is 16.2. The second-order valence-corrected chi connectivity index (χ2v) is 10.6. The molecule has 1 aromatic carbocycles. The van der Waals surface area contributed by atoms with Crippen LogP contribution in [0.25, 0.3) is 0 Å². The van der Waals surface area contributed by atoms with Gasteiger partial charge in [-0.2, -0.15) is 0 Å². The van der Waals surface area contributed by atoms with E-state index in [4.69, 9.17) is 0 Å². The molecule has 0 spiro atoms. The molecule has 0 unspecified atom stereocenters. The lowest BCUT2D eigenvalue weighted by Gasteiger charge is -2.20. The van der Waals surface area contributed by atoms with Gasteiger partial charge in [-0.15, -0.1) is 0 Å². The maximum absolute atomic E-state index is 12.8. The predicted octanol–water partition coefficient (Wildman–Crippen LogP) is 7.71. The normalized spacial score (nSPS) is 14.0. The third-order valence-corrected chi connectivity index (χ3v) is 7.28. The van der Waals surface area contributed by atoms with Gasteiger partial charge in [0.05, 0.1) is 6.54 Å². The summed E-state index contributed by atoms with van der Waals surface area (Å²) in [6, 6.07) is 7.35. The smallest absolute Gasteiger partial charge is 0.253 e. The molecule has 0 atom stereocenters. The number of amides is 2. The Morgan fingerprint density at radius 2 is 1.31 bits per heavy atom. The number of hydrogen-bond acceptors (Lipinski definition) is 3. The number of nitrogens with zero attached hydrogens (tertiary/aromatic N) is 1. The second-order valence-electron chi connectivity index (χ2n) is 10.6. The third kappa shape index (κ3) is 14.0. The van der Waals surface area contributed by atoms with Crippen molar-refractivity contribution in [3.05, 3.63) is 29.8 Å². The van der Waals surface area contributed by atoms with Gasteiger partial charge < -0.3 is 15.5 Å². The molecule has 1 saturated heterocycles. The molecule has 1 aliphatic rings. The zero-order valence-electron chi connectivity index (χ0n) is 23.1. The molecule has 36 heavy (non-hydrogen) atoms. The Bertz CT molecular complexity index is 714. The van der Waals surface area contributed by atoms with E-state index in [0.29, 0.717) is 17.8 Å². The van der Waals surface area contributed by atoms with Crippen molar-refractivity contribution in [2.45, 2.75) is 122 Å². The van der Waals surface area contributed by atoms with Crippen LogP contribution < -0.4 is 10.6 Å². The van der Waals surface area contributed by atoms with E-state index < -0.39 is 0 Å². The van der Waals surface area contributed by atoms with Crippen LogP contribution >= 0.6 is 0 Å². The van der Waals surface area contributed by atoms with Crippen LogP contribution in [0.1, 0.15) is 133 Å². The zero-order valence-corrected chi connectivity index (χ0v) is 23.1. The van der Waals surface area contributed by atoms with Gasteiger partial charge in [-0.05, 0) is 44.0 Å². The van der Waals surface area contributed by atoms with E-state index in [2.05, 4.69) is 17.6 Å². The lowest BCUT2D eigenvalue weighted by atomic mass is 10.0. The molecule has 2 amide bonds. The van der Waals surface area contributed by atoms with Gasteiger partial charge in [-0.1, -0.05) is 109 Å². The van der Waals surface area contributed by atoms with E-state index >= 15 is 0 Å². The molecule has 0 bridgehead atoms. The van der Waals surface area contributed by atoms with Crippen molar-refractivity contribution in [2.75, 3.05) is 31.5 Å². The number of nitrogens with one attached hydrogen (secondary N) is 2. The van der Waals surface area contributed by atoms with Gasteiger partial charge in [0.1, 0.15) is 0 Å². The summed E-state index contributed by atoms with van der Waals surface area (Å²) in [7, 11) is 0. The molecule has 0 aromatic heterocycles. The summed E-state index contributed by atoms with van der Waals surface area (Å²) in [6.45, 7) is 5.12. The Morgan fingerprint density at radius 3 is 1.89 bits per heavy atom. The highest BCUT2D eigenvalue weighted by Crippen LogP contribution is 2.17. The Labute approximate surface area is 221 Å². The zero-order chi connectivity index (χ0) is 25.7. The topological polar surface area (TPSA) is 61.4 Å². The van der Waals surface area contributed by atoms with Crippen LogP contribution in [0, 0.1) is 0 Å². The molecule has 1 aliphatic heterocycles. The SMILES string of the molecule is CCCCCCCCCCCCCCCCNCC(=O)Nc1cccc(C(=O)N2CCCCCC2)c1. The molecule has 2 rings (SSSR count). The number of likely N-dealkylation sites (tertiary alicyclic amines) is 1. The first-order valence-electron chi connectivity index (χ1n) is 15.1. The third-order valence-electron chi connectivity index (χ3n) is 7.28. The Hall–Kier alpha value is -1.88. The first-order chi connectivity index (χ1) is 17.7. The Kier molecular flexibility index (Phi) is 17.0. The van der Waals surface area contributed by atoms with Crippen molar-refractivity contribution in [3.63, 3.8) is 0 Å². The van der Waals surface area contributed by atoms with Gasteiger partial charge >= 0.3 is 0 Å². The molecule has 0 radical (unpaired) electrons. The molecular weight excluding hydrogens is 446 g/mol. The van der Waals surface area contributed by atoms with E-state index in [1.807, 2.05) is 23.1 Å². The van der Waals surface area contributed by atoms with Gasteiger partial charge in [0.15, 0.2) is 0 Å². The number of hydrogen-bond donors (Lipinski definition) is 2. The molecule has 5 heteroatoms. The number of unbranched alkanes of at least 4 members (excludes halogenated alkanes) is 13. The molecule has 5 nitrogen and oxygen atoms in total. The highest BCUT2D eigenvalue weighted by Gasteiger charge is 2.17. The number of rotatable bonds is 19. The summed E-state index contributed by atoms with van der Waals surface area (Å²) in [6.07, 6.45) is 23.5. The fourth-order valence-electron chi connectivity index (χ4n) is 5.04. The summed E-state index contributed by atoms with van der Waals surface area (Å²) >= 11 is 0. The predicted molar refractivity (Wildman–Crippen MR) is 153 cm³/mol. The van der Waals surface area contributed by atoms with Crippen molar-refractivity contribution >= 4 is 17.5 Å². The van der Waals surface area contributed by atoms with E-state index in [-0.39, 0.29) is 11.8 Å². The lowest BCUT2D eigenvalue weighted by Crippen LogP contribution is -2.32. The van der Waals surface area contributed by atoms with E-state index in [1.165, 1.54) is 96.3 Å². The first-order valence-corrected chi connectivity index (χ1v) is 15.1. The lowest BCUT2D eigenvalue weighted by molar-refractivity contribution is -0.115. The second kappa shape index (κ2) is 20.2. The van der Waals surface area contributed by atoms with Gasteiger partial charge in [0, 0.05) is 24.3 Å². The van der Waals surface area contributed by atoms with Gasteiger partial charge in [-0.3, -0.25) is 9.59 Å². The average molecular weight is 500 g/mol. The van der Waals surface area contributed by atoms with Crippen LogP contribution in [-0.4, -0.2) is 42.9 Å². The Balaban J connectivity index is 1.46. The maximum Gasteiger partial charge on any atom is 0.253 e. The molecular formula is C31H53N3O2. The fourth-order valence-corrected chi connectivity index (χ4v) is 5.04. The summed E-state index contributed by atoms with van der Waals surface area (Å²) in [5.41, 5.74) is 1.35. The molecule has 204 valence electrons. The van der Waals surface area contributed by atoms with E-state index in [1.54, 1.807) is 6.07 Å². The van der Waals surface area contributed by atoms with Crippen LogP contribution in [0.4, 0.5) is 5.69 Å². The van der Waals surface area contributed by atoms with Crippen molar-refractivity contribution in [2.24, 2.45) is 0 Å². The number of benzene rings is 1. The highest BCUT2D eigenvalue weighted by molar-refractivity contribution is 5.97. The molecule has 2 N–H and O–H groups in total. The van der Waals surface area contributed by atoms with Crippen LogP contribution in [0.15, 0.2) is 24.3 Å². The van der Waals surface area contributed by atoms with Crippen LogP contribution in [-0.2, 0) is 4.79 Å². The minimum Gasteiger partial charge on any atom is -0.339 e. The van der Waals surface area contributed by atoms with Gasteiger partial charge in [-0.25, -0.2) is 0 Å². The quantitative estimate of drug-likeness (QED) is 0.192. The minimum absolute atomic E-state index is 0.0558. The molecule has 0 saturated carbocycles. The summed E-state index contributed by atoms with van der Waals surface area (Å²) in [5.74, 6) is 0.0173. The summed E-state index contributed by atoms with van der Waals surface area (Å²) < 4.78 is 0. The van der Waals surface area contributed by atoms with Crippen molar-refractivity contribution < 1.29 is 9.59 Å². The van der Waals surface area contributed by atoms with Crippen molar-refractivity contribution in [3.8, 4) is 0 Å². The summed E-state index contributed by atoms with van der Waals surface area (Å²) in [5, 5.41) is 6.19. The van der Waals surface area contributed by atoms with Crippen molar-refractivity contribution in [1.82, 2.24) is 10.2 Å². The number of anilines is 1. The van der Waals surface area contributed by atoms with E-state index in [0.717, 1.165) is 38.9 Å². The molecule has 1 aromatic rings. The standard InChI is InChI=1S/C31H53N3O2/c1-2-3-4-5-6-7-8-9-10-11-12-13-14-17-23-32-27-30(35)33-29-22-20-21-28(26-29)31(36)34-24-18-15-16-19-25-34/h20-22,26,32H,2-19,23-25,27H2,1H3,(H,33,35). The monoisotopic (exact) mass is 499 g/mol. The average Bonchev–Trinajstić information content (AvgIpc) is 3.18. The first kappa shape index (κ1) is 30.3.